The number of aromatic nitrogens is 1. The molecule has 27 heavy (non-hydrogen) atoms. The van der Waals surface area contributed by atoms with Crippen molar-refractivity contribution in [2.75, 3.05) is 13.7 Å². The summed E-state index contributed by atoms with van der Waals surface area (Å²) in [6.45, 7) is 1.35. The van der Waals surface area contributed by atoms with E-state index in [1.54, 1.807) is 25.3 Å². The molecule has 0 spiro atoms. The van der Waals surface area contributed by atoms with E-state index in [1.165, 1.54) is 17.4 Å². The highest BCUT2D eigenvalue weighted by Gasteiger charge is 2.13. The van der Waals surface area contributed by atoms with Crippen LogP contribution in [0.5, 0.6) is 0 Å². The van der Waals surface area contributed by atoms with Gasteiger partial charge in [0.25, 0.3) is 0 Å². The molecule has 0 aliphatic heterocycles. The number of hydrogen-bond donors (Lipinski definition) is 0. The molecule has 2 heterocycles. The molecule has 2 aromatic carbocycles. The molecule has 0 amide bonds. The molecule has 0 radical (unpaired) electrons. The van der Waals surface area contributed by atoms with Crippen LogP contribution in [0.4, 0.5) is 10.1 Å². The molecule has 0 aliphatic rings. The summed E-state index contributed by atoms with van der Waals surface area (Å²) >= 11 is 1.47. The quantitative estimate of drug-likeness (QED) is 0.421. The number of nitrogens with zero attached hydrogens (tertiary/aromatic N) is 2. The molecular weight excluding hydrogens is 363 g/mol. The van der Waals surface area contributed by atoms with E-state index in [-0.39, 0.29) is 5.82 Å². The van der Waals surface area contributed by atoms with E-state index >= 15 is 0 Å². The molecule has 0 N–H and O–H groups in total. The Bertz CT molecular complexity index is 1090. The van der Waals surface area contributed by atoms with Crippen LogP contribution in [0.15, 0.2) is 69.4 Å². The summed E-state index contributed by atoms with van der Waals surface area (Å²) in [5, 5.41) is 3.05. The maximum absolute atomic E-state index is 14.0. The second-order valence-corrected chi connectivity index (χ2v) is 6.95. The zero-order valence-corrected chi connectivity index (χ0v) is 15.7. The molecule has 4 nitrogen and oxygen atoms in total. The van der Waals surface area contributed by atoms with Gasteiger partial charge in [-0.05, 0) is 30.7 Å². The van der Waals surface area contributed by atoms with Crippen molar-refractivity contribution in [3.05, 3.63) is 70.6 Å². The number of hydrogen-bond acceptors (Lipinski definition) is 4. The van der Waals surface area contributed by atoms with E-state index in [9.17, 15) is 4.39 Å². The van der Waals surface area contributed by atoms with Crippen molar-refractivity contribution in [3.63, 3.8) is 0 Å². The summed E-state index contributed by atoms with van der Waals surface area (Å²) < 4.78 is 27.3. The van der Waals surface area contributed by atoms with E-state index in [0.717, 1.165) is 33.6 Å². The monoisotopic (exact) mass is 382 g/mol. The van der Waals surface area contributed by atoms with E-state index in [2.05, 4.69) is 9.56 Å². The van der Waals surface area contributed by atoms with Crippen LogP contribution in [0.3, 0.4) is 0 Å². The predicted octanol–water partition coefficient (Wildman–Crippen LogP) is 5.37. The fraction of sp³-hybridized carbons (Fsp3) is 0.190. The molecule has 6 heteroatoms. The predicted molar refractivity (Wildman–Crippen MR) is 106 cm³/mol. The Labute approximate surface area is 160 Å². The molecule has 0 aliphatic carbocycles. The first-order valence-corrected chi connectivity index (χ1v) is 9.60. The van der Waals surface area contributed by atoms with Crippen LogP contribution < -0.4 is 4.80 Å². The summed E-state index contributed by atoms with van der Waals surface area (Å²) in [7, 11) is 1.68. The van der Waals surface area contributed by atoms with E-state index in [1.807, 2.05) is 35.7 Å². The Morgan fingerprint density at radius 3 is 2.78 bits per heavy atom. The van der Waals surface area contributed by atoms with Crippen LogP contribution >= 0.6 is 11.3 Å². The van der Waals surface area contributed by atoms with E-state index < -0.39 is 0 Å². The lowest BCUT2D eigenvalue weighted by atomic mass is 10.2. The molecule has 0 bridgehead atoms. The molecule has 0 saturated heterocycles. The van der Waals surface area contributed by atoms with Crippen molar-refractivity contribution >= 4 is 28.0 Å². The minimum absolute atomic E-state index is 0.330. The minimum atomic E-state index is -0.334. The molecule has 0 fully saturated rings. The minimum Gasteiger partial charge on any atom is -0.454 e. The van der Waals surface area contributed by atoms with Crippen LogP contribution in [-0.4, -0.2) is 18.3 Å². The van der Waals surface area contributed by atoms with Gasteiger partial charge in [-0.25, -0.2) is 9.38 Å². The molecule has 138 valence electrons. The first-order valence-electron chi connectivity index (χ1n) is 8.72. The number of para-hydroxylation sites is 2. The van der Waals surface area contributed by atoms with Crippen molar-refractivity contribution in [2.45, 2.75) is 13.0 Å². The van der Waals surface area contributed by atoms with Crippen molar-refractivity contribution in [1.82, 2.24) is 4.57 Å². The second kappa shape index (κ2) is 7.90. The van der Waals surface area contributed by atoms with Crippen LogP contribution in [0.25, 0.3) is 22.4 Å². The van der Waals surface area contributed by atoms with Crippen molar-refractivity contribution in [3.8, 4) is 11.5 Å². The van der Waals surface area contributed by atoms with Gasteiger partial charge in [0, 0.05) is 31.0 Å². The number of benzene rings is 2. The molecule has 0 atom stereocenters. The number of fused-ring (bicyclic) bond motifs is 1. The highest BCUT2D eigenvalue weighted by molar-refractivity contribution is 7.07. The number of rotatable bonds is 6. The maximum atomic E-state index is 14.0. The Hall–Kier alpha value is -2.70. The molecule has 4 rings (SSSR count). The van der Waals surface area contributed by atoms with Gasteiger partial charge in [0.2, 0.25) is 0 Å². The van der Waals surface area contributed by atoms with Crippen LogP contribution in [0, 0.1) is 5.82 Å². The zero-order chi connectivity index (χ0) is 18.6. The number of thiazole rings is 1. The number of ether oxygens (including phenoxy) is 1. The molecule has 0 unspecified atom stereocenters. The fourth-order valence-electron chi connectivity index (χ4n) is 2.95. The van der Waals surface area contributed by atoms with Crippen molar-refractivity contribution in [1.29, 1.82) is 0 Å². The Morgan fingerprint density at radius 2 is 1.96 bits per heavy atom. The molecule has 2 aromatic heterocycles. The number of halogens is 1. The highest BCUT2D eigenvalue weighted by atomic mass is 32.1. The maximum Gasteiger partial charge on any atom is 0.190 e. The van der Waals surface area contributed by atoms with Gasteiger partial charge in [-0.15, -0.1) is 11.3 Å². The number of methoxy groups -OCH3 is 1. The van der Waals surface area contributed by atoms with Gasteiger partial charge in [0.05, 0.1) is 5.69 Å². The topological polar surface area (TPSA) is 39.7 Å². The smallest absolute Gasteiger partial charge is 0.190 e. The first-order chi connectivity index (χ1) is 13.3. The third-order valence-corrected chi connectivity index (χ3v) is 5.14. The summed E-state index contributed by atoms with van der Waals surface area (Å²) in [6, 6.07) is 16.5. The van der Waals surface area contributed by atoms with Gasteiger partial charge in [0.15, 0.2) is 10.6 Å². The summed E-state index contributed by atoms with van der Waals surface area (Å²) in [5.41, 5.74) is 2.10. The Morgan fingerprint density at radius 1 is 1.15 bits per heavy atom. The van der Waals surface area contributed by atoms with Gasteiger partial charge in [-0.3, -0.25) is 0 Å². The average Bonchev–Trinajstić information content (AvgIpc) is 3.28. The van der Waals surface area contributed by atoms with Crippen LogP contribution in [-0.2, 0) is 11.3 Å². The zero-order valence-electron chi connectivity index (χ0n) is 14.9. The number of furan rings is 1. The van der Waals surface area contributed by atoms with Gasteiger partial charge in [-0.1, -0.05) is 30.3 Å². The third kappa shape index (κ3) is 3.72. The first kappa shape index (κ1) is 17.7. The highest BCUT2D eigenvalue weighted by Crippen LogP contribution is 2.28. The third-order valence-electron chi connectivity index (χ3n) is 4.27. The Kier molecular flexibility index (Phi) is 5.18. The summed E-state index contributed by atoms with van der Waals surface area (Å²) in [6.07, 6.45) is 0.824. The van der Waals surface area contributed by atoms with E-state index in [0.29, 0.717) is 18.8 Å². The standard InChI is InChI=1S/C21H19FN2O2S/c1-25-12-6-11-24-18(20-13-15-7-2-5-10-19(15)26-20)14-27-21(24)23-17-9-4-3-8-16(17)22/h2-5,7-10,13-14H,6,11-12H2,1H3. The summed E-state index contributed by atoms with van der Waals surface area (Å²) in [5.74, 6) is 0.444. The van der Waals surface area contributed by atoms with Crippen LogP contribution in [0.1, 0.15) is 6.42 Å². The summed E-state index contributed by atoms with van der Waals surface area (Å²) in [4.78, 5) is 5.27. The van der Waals surface area contributed by atoms with E-state index in [4.69, 9.17) is 9.15 Å². The van der Waals surface area contributed by atoms with Gasteiger partial charge < -0.3 is 13.7 Å². The van der Waals surface area contributed by atoms with Gasteiger partial charge >= 0.3 is 0 Å². The lowest BCUT2D eigenvalue weighted by molar-refractivity contribution is 0.190. The average molecular weight is 382 g/mol. The lowest BCUT2D eigenvalue weighted by Crippen LogP contribution is -2.17. The second-order valence-electron chi connectivity index (χ2n) is 6.11. The van der Waals surface area contributed by atoms with Crippen LogP contribution in [0.2, 0.25) is 0 Å². The largest absolute Gasteiger partial charge is 0.454 e. The molecular formula is C21H19FN2O2S. The molecule has 0 saturated carbocycles. The fourth-order valence-corrected chi connectivity index (χ4v) is 3.88. The normalized spacial score (nSPS) is 12.1. The van der Waals surface area contributed by atoms with Crippen molar-refractivity contribution < 1.29 is 13.5 Å². The van der Waals surface area contributed by atoms with Crippen molar-refractivity contribution in [2.24, 2.45) is 4.99 Å². The van der Waals surface area contributed by atoms with Gasteiger partial charge in [0.1, 0.15) is 17.1 Å². The molecule has 4 aromatic rings. The van der Waals surface area contributed by atoms with Gasteiger partial charge in [-0.2, -0.15) is 0 Å². The Balaban J connectivity index is 1.82. The SMILES string of the molecule is COCCCn1c(-c2cc3ccccc3o2)csc1=Nc1ccccc1F. The lowest BCUT2D eigenvalue weighted by Gasteiger charge is -2.07.